The van der Waals surface area contributed by atoms with Crippen molar-refractivity contribution < 1.29 is 23.0 Å². The number of ether oxygens (including phenoxy) is 3. The number of hydrogen-bond acceptors (Lipinski definition) is 4. The third kappa shape index (κ3) is 7.95. The first-order valence-corrected chi connectivity index (χ1v) is 9.81. The van der Waals surface area contributed by atoms with Crippen LogP contribution in [0.4, 0.5) is 8.78 Å². The van der Waals surface area contributed by atoms with E-state index in [4.69, 9.17) is 32.7 Å². The number of alkyl halides is 2. The van der Waals surface area contributed by atoms with Gasteiger partial charge < -0.3 is 24.8 Å². The highest BCUT2D eigenvalue weighted by atomic mass is 35.5. The normalized spacial score (nSPS) is 17.2. The number of benzene rings is 1. The SMILES string of the molecule is CN=C(NCCCOCC1CCCO1)NCc1cc(Cl)cc(Cl)c1OC(F)F. The molecule has 10 heteroatoms. The van der Waals surface area contributed by atoms with Crippen LogP contribution in [0.1, 0.15) is 24.8 Å². The van der Waals surface area contributed by atoms with Crippen molar-refractivity contribution in [2.75, 3.05) is 33.4 Å². The second-order valence-corrected chi connectivity index (χ2v) is 7.01. The number of hydrogen-bond donors (Lipinski definition) is 2. The highest BCUT2D eigenvalue weighted by Gasteiger charge is 2.16. The van der Waals surface area contributed by atoms with Gasteiger partial charge in [0.2, 0.25) is 0 Å². The van der Waals surface area contributed by atoms with Crippen molar-refractivity contribution in [2.45, 2.75) is 38.5 Å². The van der Waals surface area contributed by atoms with E-state index in [9.17, 15) is 8.78 Å². The molecule has 1 aromatic carbocycles. The zero-order chi connectivity index (χ0) is 20.4. The number of guanidine groups is 1. The summed E-state index contributed by atoms with van der Waals surface area (Å²) in [5, 5.41) is 6.51. The van der Waals surface area contributed by atoms with Gasteiger partial charge in [0.1, 0.15) is 5.75 Å². The van der Waals surface area contributed by atoms with Crippen LogP contribution in [0.3, 0.4) is 0 Å². The first-order valence-electron chi connectivity index (χ1n) is 9.06. The third-order valence-electron chi connectivity index (χ3n) is 4.05. The lowest BCUT2D eigenvalue weighted by Gasteiger charge is -2.16. The molecule has 1 aromatic rings. The Morgan fingerprint density at radius 1 is 1.36 bits per heavy atom. The molecule has 6 nitrogen and oxygen atoms in total. The van der Waals surface area contributed by atoms with Gasteiger partial charge in [-0.05, 0) is 31.4 Å². The van der Waals surface area contributed by atoms with Gasteiger partial charge in [-0.25, -0.2) is 0 Å². The average molecular weight is 440 g/mol. The Labute approximate surface area is 173 Å². The van der Waals surface area contributed by atoms with E-state index in [0.29, 0.717) is 36.3 Å². The molecule has 1 saturated heterocycles. The second-order valence-electron chi connectivity index (χ2n) is 6.17. The summed E-state index contributed by atoms with van der Waals surface area (Å²) in [6.45, 7) is -0.126. The molecule has 1 atom stereocenters. The van der Waals surface area contributed by atoms with E-state index >= 15 is 0 Å². The molecule has 1 aliphatic heterocycles. The van der Waals surface area contributed by atoms with Gasteiger partial charge in [-0.15, -0.1) is 0 Å². The van der Waals surface area contributed by atoms with Crippen molar-refractivity contribution in [3.8, 4) is 5.75 Å². The van der Waals surface area contributed by atoms with Crippen molar-refractivity contribution in [2.24, 2.45) is 4.99 Å². The molecule has 1 unspecified atom stereocenters. The Balaban J connectivity index is 1.74. The zero-order valence-corrected chi connectivity index (χ0v) is 17.2. The quantitative estimate of drug-likeness (QED) is 0.329. The zero-order valence-electron chi connectivity index (χ0n) is 15.7. The number of rotatable bonds is 10. The molecule has 28 heavy (non-hydrogen) atoms. The average Bonchev–Trinajstić information content (AvgIpc) is 3.16. The van der Waals surface area contributed by atoms with E-state index in [0.717, 1.165) is 25.9 Å². The molecular formula is C18H25Cl2F2N3O3. The number of halogens is 4. The minimum absolute atomic E-state index is 0.0240. The summed E-state index contributed by atoms with van der Waals surface area (Å²) in [5.41, 5.74) is 0.403. The van der Waals surface area contributed by atoms with Crippen molar-refractivity contribution in [1.82, 2.24) is 10.6 Å². The highest BCUT2D eigenvalue weighted by Crippen LogP contribution is 2.33. The fourth-order valence-corrected chi connectivity index (χ4v) is 3.32. The summed E-state index contributed by atoms with van der Waals surface area (Å²) < 4.78 is 40.9. The fourth-order valence-electron chi connectivity index (χ4n) is 2.74. The summed E-state index contributed by atoms with van der Waals surface area (Å²) in [6, 6.07) is 2.87. The van der Waals surface area contributed by atoms with E-state index in [1.807, 2.05) is 0 Å². The molecule has 158 valence electrons. The molecule has 1 aliphatic rings. The third-order valence-corrected chi connectivity index (χ3v) is 4.55. The van der Waals surface area contributed by atoms with Crippen LogP contribution in [-0.2, 0) is 16.0 Å². The minimum Gasteiger partial charge on any atom is -0.433 e. The van der Waals surface area contributed by atoms with Crippen LogP contribution < -0.4 is 15.4 Å². The second kappa shape index (κ2) is 12.3. The van der Waals surface area contributed by atoms with Crippen LogP contribution in [-0.4, -0.2) is 52.1 Å². The Morgan fingerprint density at radius 3 is 2.86 bits per heavy atom. The summed E-state index contributed by atoms with van der Waals surface area (Å²) in [5.74, 6) is 0.407. The maximum Gasteiger partial charge on any atom is 0.387 e. The van der Waals surface area contributed by atoms with Gasteiger partial charge in [-0.2, -0.15) is 8.78 Å². The van der Waals surface area contributed by atoms with Gasteiger partial charge in [-0.1, -0.05) is 23.2 Å². The lowest BCUT2D eigenvalue weighted by molar-refractivity contribution is -0.0504. The minimum atomic E-state index is -2.98. The lowest BCUT2D eigenvalue weighted by Crippen LogP contribution is -2.37. The number of nitrogens with zero attached hydrogens (tertiary/aromatic N) is 1. The smallest absolute Gasteiger partial charge is 0.387 e. The predicted octanol–water partition coefficient (Wildman–Crippen LogP) is 3.85. The van der Waals surface area contributed by atoms with Crippen LogP contribution in [0, 0.1) is 0 Å². The van der Waals surface area contributed by atoms with Crippen LogP contribution in [0.5, 0.6) is 5.75 Å². The van der Waals surface area contributed by atoms with E-state index < -0.39 is 6.61 Å². The largest absolute Gasteiger partial charge is 0.433 e. The molecule has 0 spiro atoms. The molecule has 1 fully saturated rings. The molecule has 0 aromatic heterocycles. The summed E-state index contributed by atoms with van der Waals surface area (Å²) in [4.78, 5) is 4.10. The molecule has 0 radical (unpaired) electrons. The van der Waals surface area contributed by atoms with E-state index in [-0.39, 0.29) is 23.4 Å². The first-order chi connectivity index (χ1) is 13.5. The van der Waals surface area contributed by atoms with Crippen LogP contribution >= 0.6 is 23.2 Å². The summed E-state index contributed by atoms with van der Waals surface area (Å²) in [7, 11) is 1.62. The van der Waals surface area contributed by atoms with Gasteiger partial charge in [0.25, 0.3) is 0 Å². The molecule has 1 heterocycles. The first kappa shape index (κ1) is 22.9. The molecule has 2 N–H and O–H groups in total. The molecular weight excluding hydrogens is 415 g/mol. The maximum atomic E-state index is 12.6. The summed E-state index contributed by atoms with van der Waals surface area (Å²) in [6.07, 6.45) is 3.16. The Bertz CT molecular complexity index is 645. The standard InChI is InChI=1S/C18H25Cl2F2N3O3/c1-23-18(24-5-3-6-26-11-14-4-2-7-27-14)25-10-12-8-13(19)9-15(20)16(12)28-17(21)22/h8-9,14,17H,2-7,10-11H2,1H3,(H2,23,24,25). The topological polar surface area (TPSA) is 64.1 Å². The Kier molecular flexibility index (Phi) is 10.0. The van der Waals surface area contributed by atoms with Crippen LogP contribution in [0.25, 0.3) is 0 Å². The Hall–Kier alpha value is -1.35. The molecule has 0 amide bonds. The Morgan fingerprint density at radius 2 is 2.18 bits per heavy atom. The van der Waals surface area contributed by atoms with Crippen LogP contribution in [0.15, 0.2) is 17.1 Å². The van der Waals surface area contributed by atoms with E-state index in [1.54, 1.807) is 7.05 Å². The maximum absolute atomic E-state index is 12.6. The van der Waals surface area contributed by atoms with Gasteiger partial charge in [-0.3, -0.25) is 4.99 Å². The van der Waals surface area contributed by atoms with Crippen molar-refractivity contribution in [1.29, 1.82) is 0 Å². The van der Waals surface area contributed by atoms with Crippen molar-refractivity contribution >= 4 is 29.2 Å². The molecule has 0 bridgehead atoms. The summed E-state index contributed by atoms with van der Waals surface area (Å²) >= 11 is 11.9. The van der Waals surface area contributed by atoms with Gasteiger partial charge >= 0.3 is 6.61 Å². The van der Waals surface area contributed by atoms with Crippen molar-refractivity contribution in [3.05, 3.63) is 27.7 Å². The van der Waals surface area contributed by atoms with Crippen LogP contribution in [0.2, 0.25) is 10.0 Å². The number of nitrogens with one attached hydrogen (secondary N) is 2. The predicted molar refractivity (Wildman–Crippen MR) is 106 cm³/mol. The van der Waals surface area contributed by atoms with E-state index in [2.05, 4.69) is 20.4 Å². The van der Waals surface area contributed by atoms with Gasteiger partial charge in [0, 0.05) is 43.9 Å². The molecule has 0 aliphatic carbocycles. The molecule has 0 saturated carbocycles. The molecule has 2 rings (SSSR count). The fraction of sp³-hybridized carbons (Fsp3) is 0.611. The number of aliphatic imine (C=N–C) groups is 1. The lowest BCUT2D eigenvalue weighted by atomic mass is 10.2. The van der Waals surface area contributed by atoms with Gasteiger partial charge in [0.15, 0.2) is 5.96 Å². The van der Waals surface area contributed by atoms with E-state index in [1.165, 1.54) is 12.1 Å². The highest BCUT2D eigenvalue weighted by molar-refractivity contribution is 6.35. The van der Waals surface area contributed by atoms with Gasteiger partial charge in [0.05, 0.1) is 17.7 Å². The monoisotopic (exact) mass is 439 g/mol. The van der Waals surface area contributed by atoms with Crippen molar-refractivity contribution in [3.63, 3.8) is 0 Å².